The molecule has 0 aliphatic rings. The minimum absolute atomic E-state index is 0.0557. The van der Waals surface area contributed by atoms with Gasteiger partial charge < -0.3 is 30.3 Å². The monoisotopic (exact) mass is 506 g/mol. The molecule has 4 N–H and O–H groups in total. The average Bonchev–Trinajstić information content (AvgIpc) is 2.91. The lowest BCUT2D eigenvalue weighted by Gasteiger charge is -2.17. The van der Waals surface area contributed by atoms with Gasteiger partial charge in [0.15, 0.2) is 0 Å². The Labute approximate surface area is 215 Å². The van der Waals surface area contributed by atoms with Gasteiger partial charge in [-0.25, -0.2) is 9.59 Å². The summed E-state index contributed by atoms with van der Waals surface area (Å²) in [6, 6.07) is 24.6. The second-order valence-electron chi connectivity index (χ2n) is 8.38. The lowest BCUT2D eigenvalue weighted by atomic mass is 10.1. The minimum Gasteiger partial charge on any atom is -0.489 e. The van der Waals surface area contributed by atoms with Crippen LogP contribution >= 0.6 is 0 Å². The van der Waals surface area contributed by atoms with Crippen LogP contribution in [0, 0.1) is 0 Å². The Morgan fingerprint density at radius 2 is 1.38 bits per heavy atom. The maximum absolute atomic E-state index is 12.3. The molecule has 0 spiro atoms. The largest absolute Gasteiger partial charge is 0.489 e. The summed E-state index contributed by atoms with van der Waals surface area (Å²) in [6.45, 7) is 0.267. The van der Waals surface area contributed by atoms with E-state index in [1.54, 1.807) is 36.4 Å². The number of nitrogens with one attached hydrogen (secondary N) is 2. The second-order valence-corrected chi connectivity index (χ2v) is 8.38. The van der Waals surface area contributed by atoms with Crippen molar-refractivity contribution in [1.82, 2.24) is 10.6 Å². The van der Waals surface area contributed by atoms with E-state index in [9.17, 15) is 24.6 Å². The zero-order chi connectivity index (χ0) is 26.5. The maximum atomic E-state index is 12.3. The highest BCUT2D eigenvalue weighted by molar-refractivity contribution is 5.84. The van der Waals surface area contributed by atoms with Crippen molar-refractivity contribution < 1.29 is 34.1 Å². The molecule has 3 aromatic carbocycles. The molecule has 0 heterocycles. The lowest BCUT2D eigenvalue weighted by molar-refractivity contribution is -0.142. The van der Waals surface area contributed by atoms with Crippen molar-refractivity contribution in [3.05, 3.63) is 102 Å². The normalized spacial score (nSPS) is 12.1. The van der Waals surface area contributed by atoms with Crippen molar-refractivity contribution in [2.45, 2.75) is 38.2 Å². The number of aliphatic hydroxyl groups is 1. The van der Waals surface area contributed by atoms with Crippen LogP contribution < -0.4 is 15.4 Å². The fourth-order valence-corrected chi connectivity index (χ4v) is 3.41. The fourth-order valence-electron chi connectivity index (χ4n) is 3.41. The van der Waals surface area contributed by atoms with Crippen LogP contribution in [0.4, 0.5) is 4.79 Å². The average molecular weight is 507 g/mol. The molecule has 0 aliphatic carbocycles. The lowest BCUT2D eigenvalue weighted by Crippen LogP contribution is -2.44. The van der Waals surface area contributed by atoms with Crippen molar-refractivity contribution in [1.29, 1.82) is 0 Å². The Morgan fingerprint density at radius 1 is 0.784 bits per heavy atom. The first-order chi connectivity index (χ1) is 17.9. The van der Waals surface area contributed by atoms with E-state index in [4.69, 9.17) is 9.47 Å². The van der Waals surface area contributed by atoms with Gasteiger partial charge in [-0.05, 0) is 28.8 Å². The van der Waals surface area contributed by atoms with Gasteiger partial charge in [0.2, 0.25) is 5.91 Å². The Bertz CT molecular complexity index is 1140. The summed E-state index contributed by atoms with van der Waals surface area (Å²) in [4.78, 5) is 35.8. The molecule has 0 bridgehead atoms. The molecule has 9 nitrogen and oxygen atoms in total. The van der Waals surface area contributed by atoms with Gasteiger partial charge in [-0.2, -0.15) is 0 Å². The van der Waals surface area contributed by atoms with Gasteiger partial charge in [-0.15, -0.1) is 0 Å². The molecule has 37 heavy (non-hydrogen) atoms. The zero-order valence-corrected chi connectivity index (χ0v) is 20.2. The predicted octanol–water partition coefficient (Wildman–Crippen LogP) is 3.05. The molecule has 0 aliphatic heterocycles. The number of carboxylic acids is 1. The Balaban J connectivity index is 1.39. The molecule has 9 heteroatoms. The van der Waals surface area contributed by atoms with E-state index in [2.05, 4.69) is 10.6 Å². The maximum Gasteiger partial charge on any atom is 0.407 e. The number of alkyl carbamates (subject to hydrolysis) is 1. The van der Waals surface area contributed by atoms with Gasteiger partial charge in [0.1, 0.15) is 25.0 Å². The van der Waals surface area contributed by atoms with Crippen molar-refractivity contribution in [2.75, 3.05) is 6.54 Å². The van der Waals surface area contributed by atoms with Crippen LogP contribution in [0.25, 0.3) is 0 Å². The highest BCUT2D eigenvalue weighted by atomic mass is 16.5. The van der Waals surface area contributed by atoms with Crippen molar-refractivity contribution in [2.24, 2.45) is 0 Å². The van der Waals surface area contributed by atoms with Crippen molar-refractivity contribution in [3.63, 3.8) is 0 Å². The van der Waals surface area contributed by atoms with Gasteiger partial charge in [-0.3, -0.25) is 4.79 Å². The van der Waals surface area contributed by atoms with E-state index in [0.717, 1.165) is 11.1 Å². The number of hydrogen-bond acceptors (Lipinski definition) is 6. The van der Waals surface area contributed by atoms with Crippen LogP contribution in [0.3, 0.4) is 0 Å². The molecular formula is C28H30N2O7. The first kappa shape index (κ1) is 27.2. The number of benzene rings is 3. The Hall–Kier alpha value is -4.37. The van der Waals surface area contributed by atoms with Gasteiger partial charge in [0, 0.05) is 13.0 Å². The molecule has 0 saturated heterocycles. The number of amides is 2. The molecular weight excluding hydrogens is 476 g/mol. The summed E-state index contributed by atoms with van der Waals surface area (Å²) >= 11 is 0. The van der Waals surface area contributed by atoms with Crippen LogP contribution in [0.15, 0.2) is 84.9 Å². The molecule has 2 amide bonds. The molecule has 0 unspecified atom stereocenters. The molecule has 0 radical (unpaired) electrons. The number of carbonyl (C=O) groups is 3. The van der Waals surface area contributed by atoms with E-state index in [1.807, 2.05) is 48.5 Å². The van der Waals surface area contributed by atoms with E-state index in [-0.39, 0.29) is 26.0 Å². The number of ether oxygens (including phenoxy) is 2. The van der Waals surface area contributed by atoms with E-state index in [1.165, 1.54) is 0 Å². The number of hydrogen-bond donors (Lipinski definition) is 4. The smallest absolute Gasteiger partial charge is 0.407 e. The summed E-state index contributed by atoms with van der Waals surface area (Å²) in [5.74, 6) is -1.21. The highest BCUT2D eigenvalue weighted by Crippen LogP contribution is 2.15. The highest BCUT2D eigenvalue weighted by Gasteiger charge is 2.22. The van der Waals surface area contributed by atoms with Crippen LogP contribution in [0.5, 0.6) is 5.75 Å². The molecule has 3 rings (SSSR count). The standard InChI is InChI=1S/C28H30N2O7/c31-23(17-29-28(35)37-19-22-9-5-2-6-10-22)16-26(32)30-25(27(33)34)15-20-11-13-24(14-12-20)36-18-21-7-3-1-4-8-21/h1-14,23,25,31H,15-19H2,(H,29,35)(H,30,32)(H,33,34)/t23-,25-/m1/s1. The van der Waals surface area contributed by atoms with E-state index >= 15 is 0 Å². The Kier molecular flexibility index (Phi) is 10.5. The summed E-state index contributed by atoms with van der Waals surface area (Å²) in [5, 5.41) is 24.4. The number of aliphatic hydroxyl groups excluding tert-OH is 1. The van der Waals surface area contributed by atoms with Crippen LogP contribution in [-0.2, 0) is 34.0 Å². The third-order valence-corrected chi connectivity index (χ3v) is 5.36. The number of aliphatic carboxylic acids is 1. The molecule has 0 fully saturated rings. The zero-order valence-electron chi connectivity index (χ0n) is 20.2. The second kappa shape index (κ2) is 14.3. The topological polar surface area (TPSA) is 134 Å². The summed E-state index contributed by atoms with van der Waals surface area (Å²) in [5.41, 5.74) is 2.54. The quantitative estimate of drug-likeness (QED) is 0.280. The van der Waals surface area contributed by atoms with Crippen molar-refractivity contribution in [3.8, 4) is 5.75 Å². The van der Waals surface area contributed by atoms with Gasteiger partial charge in [-0.1, -0.05) is 72.8 Å². The van der Waals surface area contributed by atoms with Gasteiger partial charge in [0.05, 0.1) is 12.5 Å². The molecule has 2 atom stereocenters. The van der Waals surface area contributed by atoms with Gasteiger partial charge >= 0.3 is 12.1 Å². The molecule has 0 aromatic heterocycles. The fraction of sp³-hybridized carbons (Fsp3) is 0.250. The summed E-state index contributed by atoms with van der Waals surface area (Å²) < 4.78 is 10.8. The predicted molar refractivity (Wildman–Crippen MR) is 136 cm³/mol. The number of carboxylic acid groups (broad SMARTS) is 1. The first-order valence-electron chi connectivity index (χ1n) is 11.8. The van der Waals surface area contributed by atoms with Gasteiger partial charge in [0.25, 0.3) is 0 Å². The number of carbonyl (C=O) groups excluding carboxylic acids is 2. The van der Waals surface area contributed by atoms with Crippen LogP contribution in [-0.4, -0.2) is 46.9 Å². The van der Waals surface area contributed by atoms with E-state index in [0.29, 0.717) is 17.9 Å². The third-order valence-electron chi connectivity index (χ3n) is 5.36. The number of rotatable bonds is 13. The molecule has 194 valence electrons. The summed E-state index contributed by atoms with van der Waals surface area (Å²) in [7, 11) is 0. The van der Waals surface area contributed by atoms with Crippen LogP contribution in [0.1, 0.15) is 23.1 Å². The minimum atomic E-state index is -1.21. The van der Waals surface area contributed by atoms with Crippen LogP contribution in [0.2, 0.25) is 0 Å². The Morgan fingerprint density at radius 3 is 1.97 bits per heavy atom. The third kappa shape index (κ3) is 10.0. The first-order valence-corrected chi connectivity index (χ1v) is 11.8. The van der Waals surface area contributed by atoms with E-state index < -0.39 is 30.1 Å². The SMILES string of the molecule is O=C(C[C@@H](O)CNC(=O)OCc1ccccc1)N[C@H](Cc1ccc(OCc2ccccc2)cc1)C(=O)O. The van der Waals surface area contributed by atoms with Crippen molar-refractivity contribution >= 4 is 18.0 Å². The molecule has 0 saturated carbocycles. The summed E-state index contributed by atoms with van der Waals surface area (Å²) in [6.07, 6.45) is -2.27. The molecule has 3 aromatic rings.